The SMILES string of the molecule is COc1ccc([C@@H]2CC(=Nc3ccc([N+](=O)[O-])cc3Cl)c3c(O)cc(O[C@H]4O[C@@H](O[C@H]5O[C@@H](C)[C@H](O)[C@@H](O)[C@H]5O)[C@H](O)[C@@H](O)[C@@H]4O)cc3O2)cc1O. The number of rotatable bonds is 8. The molecular formula is C33H35ClN2O16. The molecule has 3 heterocycles. The van der Waals surface area contributed by atoms with E-state index in [0.29, 0.717) is 5.56 Å². The van der Waals surface area contributed by atoms with Gasteiger partial charge in [-0.2, -0.15) is 0 Å². The maximum atomic E-state index is 11.3. The average molecular weight is 751 g/mol. The Labute approximate surface area is 299 Å². The highest BCUT2D eigenvalue weighted by Crippen LogP contribution is 2.45. The lowest BCUT2D eigenvalue weighted by Crippen LogP contribution is -2.63. The molecule has 0 unspecified atom stereocenters. The van der Waals surface area contributed by atoms with Crippen LogP contribution in [0, 0.1) is 10.1 Å². The molecule has 3 aromatic carbocycles. The third-order valence-electron chi connectivity index (χ3n) is 8.82. The maximum absolute atomic E-state index is 11.3. The molecule has 18 nitrogen and oxygen atoms in total. The van der Waals surface area contributed by atoms with Gasteiger partial charge in [0.15, 0.2) is 24.1 Å². The van der Waals surface area contributed by atoms with Gasteiger partial charge in [-0.25, -0.2) is 0 Å². The smallest absolute Gasteiger partial charge is 0.271 e. The molecule has 3 aromatic rings. The van der Waals surface area contributed by atoms with Gasteiger partial charge < -0.3 is 69.3 Å². The Bertz CT molecular complexity index is 1850. The predicted molar refractivity (Wildman–Crippen MR) is 176 cm³/mol. The Kier molecular flexibility index (Phi) is 10.8. The molecule has 0 aromatic heterocycles. The number of halogens is 1. The third-order valence-corrected chi connectivity index (χ3v) is 9.12. The fourth-order valence-electron chi connectivity index (χ4n) is 5.96. The maximum Gasteiger partial charge on any atom is 0.271 e. The van der Waals surface area contributed by atoms with Crippen molar-refractivity contribution in [2.75, 3.05) is 7.11 Å². The summed E-state index contributed by atoms with van der Waals surface area (Å²) in [5.41, 5.74) is 0.681. The Morgan fingerprint density at radius 3 is 2.17 bits per heavy atom. The number of phenols is 2. The first-order chi connectivity index (χ1) is 24.7. The van der Waals surface area contributed by atoms with Gasteiger partial charge in [-0.1, -0.05) is 17.7 Å². The molecule has 52 heavy (non-hydrogen) atoms. The molecular weight excluding hydrogens is 716 g/mol. The number of aliphatic hydroxyl groups is 6. The largest absolute Gasteiger partial charge is 0.507 e. The van der Waals surface area contributed by atoms with Gasteiger partial charge in [-0.3, -0.25) is 15.1 Å². The number of phenolic OH excluding ortho intramolecular Hbond substituents is 2. The summed E-state index contributed by atoms with van der Waals surface area (Å²) in [6.45, 7) is 1.40. The van der Waals surface area contributed by atoms with Crippen molar-refractivity contribution in [3.05, 3.63) is 74.8 Å². The van der Waals surface area contributed by atoms with Crippen LogP contribution in [0.1, 0.15) is 30.6 Å². The van der Waals surface area contributed by atoms with Crippen LogP contribution in [-0.4, -0.2) is 120 Å². The van der Waals surface area contributed by atoms with Gasteiger partial charge in [0.2, 0.25) is 6.29 Å². The van der Waals surface area contributed by atoms with Crippen molar-refractivity contribution < 1.29 is 74.2 Å². The first-order valence-electron chi connectivity index (χ1n) is 15.8. The molecule has 0 aliphatic carbocycles. The minimum atomic E-state index is -1.92. The van der Waals surface area contributed by atoms with Crippen LogP contribution in [0.5, 0.6) is 28.7 Å². The zero-order valence-electron chi connectivity index (χ0n) is 27.3. The first kappa shape index (κ1) is 37.4. The molecule has 8 N–H and O–H groups in total. The number of aliphatic hydroxyl groups excluding tert-OH is 6. The molecule has 6 rings (SSSR count). The van der Waals surface area contributed by atoms with Crippen LogP contribution in [-0.2, 0) is 14.2 Å². The van der Waals surface area contributed by atoms with Crippen molar-refractivity contribution in [1.29, 1.82) is 0 Å². The van der Waals surface area contributed by atoms with Crippen molar-refractivity contribution >= 4 is 28.7 Å². The number of nitro benzene ring substituents is 1. The minimum Gasteiger partial charge on any atom is -0.507 e. The summed E-state index contributed by atoms with van der Waals surface area (Å²) in [7, 11) is 1.38. The van der Waals surface area contributed by atoms with Crippen LogP contribution in [0.25, 0.3) is 0 Å². The summed E-state index contributed by atoms with van der Waals surface area (Å²) in [6, 6.07) is 10.7. The number of hydrogen-bond donors (Lipinski definition) is 8. The molecule has 11 atom stereocenters. The third kappa shape index (κ3) is 7.30. The van der Waals surface area contributed by atoms with Crippen LogP contribution in [0.3, 0.4) is 0 Å². The Balaban J connectivity index is 1.32. The van der Waals surface area contributed by atoms with E-state index in [-0.39, 0.29) is 57.1 Å². The lowest BCUT2D eigenvalue weighted by atomic mass is 9.94. The fourth-order valence-corrected chi connectivity index (χ4v) is 6.18. The second-order valence-corrected chi connectivity index (χ2v) is 12.7. The van der Waals surface area contributed by atoms with Gasteiger partial charge in [-0.05, 0) is 30.7 Å². The highest BCUT2D eigenvalue weighted by atomic mass is 35.5. The van der Waals surface area contributed by atoms with Crippen LogP contribution in [0.2, 0.25) is 5.02 Å². The highest BCUT2D eigenvalue weighted by molar-refractivity contribution is 6.33. The van der Waals surface area contributed by atoms with E-state index in [1.165, 1.54) is 44.4 Å². The van der Waals surface area contributed by atoms with E-state index in [0.717, 1.165) is 12.1 Å². The van der Waals surface area contributed by atoms with Crippen molar-refractivity contribution in [3.8, 4) is 28.7 Å². The molecule has 3 aliphatic rings. The molecule has 0 bridgehead atoms. The molecule has 0 saturated carbocycles. The van der Waals surface area contributed by atoms with E-state index in [1.54, 1.807) is 6.07 Å². The molecule has 2 fully saturated rings. The summed E-state index contributed by atoms with van der Waals surface area (Å²) in [4.78, 5) is 15.2. The van der Waals surface area contributed by atoms with Gasteiger partial charge >= 0.3 is 0 Å². The number of benzene rings is 3. The van der Waals surface area contributed by atoms with Crippen LogP contribution < -0.4 is 14.2 Å². The first-order valence-corrected chi connectivity index (χ1v) is 16.2. The number of nitrogens with zero attached hydrogens (tertiary/aromatic N) is 2. The van der Waals surface area contributed by atoms with Gasteiger partial charge in [0.05, 0.1) is 40.1 Å². The molecule has 0 radical (unpaired) electrons. The van der Waals surface area contributed by atoms with E-state index in [9.17, 15) is 51.0 Å². The molecule has 0 amide bonds. The minimum absolute atomic E-state index is 0.00251. The number of ether oxygens (including phenoxy) is 6. The lowest BCUT2D eigenvalue weighted by molar-refractivity contribution is -0.388. The lowest BCUT2D eigenvalue weighted by Gasteiger charge is -2.44. The van der Waals surface area contributed by atoms with Gasteiger partial charge in [-0.15, -0.1) is 0 Å². The van der Waals surface area contributed by atoms with E-state index in [1.807, 2.05) is 0 Å². The number of aliphatic imine (C=N–C) groups is 1. The van der Waals surface area contributed by atoms with E-state index in [2.05, 4.69) is 4.99 Å². The van der Waals surface area contributed by atoms with Crippen LogP contribution in [0.15, 0.2) is 53.5 Å². The quantitative estimate of drug-likeness (QED) is 0.119. The molecule has 0 spiro atoms. The summed E-state index contributed by atoms with van der Waals surface area (Å²) in [5.74, 6) is -0.585. The second kappa shape index (κ2) is 15.0. The van der Waals surface area contributed by atoms with Gasteiger partial charge in [0, 0.05) is 30.7 Å². The number of nitro groups is 1. The van der Waals surface area contributed by atoms with Gasteiger partial charge in [0.1, 0.15) is 60.0 Å². The topological polar surface area (TPSA) is 273 Å². The Morgan fingerprint density at radius 1 is 0.846 bits per heavy atom. The van der Waals surface area contributed by atoms with Crippen molar-refractivity contribution in [2.45, 2.75) is 81.0 Å². The van der Waals surface area contributed by atoms with Crippen LogP contribution >= 0.6 is 11.6 Å². The molecule has 2 saturated heterocycles. The van der Waals surface area contributed by atoms with Gasteiger partial charge in [0.25, 0.3) is 5.69 Å². The monoisotopic (exact) mass is 750 g/mol. The molecule has 19 heteroatoms. The summed E-state index contributed by atoms with van der Waals surface area (Å²) in [6.07, 6.45) is -17.6. The summed E-state index contributed by atoms with van der Waals surface area (Å²) >= 11 is 6.33. The average Bonchev–Trinajstić information content (AvgIpc) is 3.11. The second-order valence-electron chi connectivity index (χ2n) is 12.3. The number of aromatic hydroxyl groups is 2. The van der Waals surface area contributed by atoms with E-state index in [4.69, 9.17) is 40.0 Å². The van der Waals surface area contributed by atoms with Crippen molar-refractivity contribution in [2.24, 2.45) is 4.99 Å². The zero-order chi connectivity index (χ0) is 37.6. The highest BCUT2D eigenvalue weighted by Gasteiger charge is 2.50. The van der Waals surface area contributed by atoms with Crippen molar-refractivity contribution in [1.82, 2.24) is 0 Å². The standard InChI is InChI=1S/C33H35ClN2O16/c1-12-25(39)26(40)28(42)31(48-12)51-33-30(44)27(41)29(43)32(52-33)49-15-9-20(38)24-18(35-17-5-4-14(36(45)46)8-16(17)34)11-22(50-23(24)10-15)13-3-6-21(47-2)19(37)7-13/h3-10,12,22,25-33,37-44H,11H2,1-2H3/t12-,22-,25-,26+,27-,28+,29-,30+,31+,32-,33+/m0/s1. The summed E-state index contributed by atoms with van der Waals surface area (Å²) in [5, 5.41) is 95.4. The Hall–Kier alpha value is -4.34. The number of non-ortho nitro benzene ring substituents is 1. The van der Waals surface area contributed by atoms with E-state index >= 15 is 0 Å². The number of methoxy groups -OCH3 is 1. The normalized spacial score (nSPS) is 32.5. The zero-order valence-corrected chi connectivity index (χ0v) is 28.0. The molecule has 280 valence electrons. The summed E-state index contributed by atoms with van der Waals surface area (Å²) < 4.78 is 33.7. The number of hydrogen-bond acceptors (Lipinski definition) is 17. The predicted octanol–water partition coefficient (Wildman–Crippen LogP) is 1.30. The van der Waals surface area contributed by atoms with Crippen molar-refractivity contribution in [3.63, 3.8) is 0 Å². The molecule has 3 aliphatic heterocycles. The Morgan fingerprint density at radius 2 is 1.52 bits per heavy atom. The number of fused-ring (bicyclic) bond motifs is 1. The van der Waals surface area contributed by atoms with E-state index < -0.39 is 78.4 Å². The van der Waals surface area contributed by atoms with Crippen LogP contribution in [0.4, 0.5) is 11.4 Å². The fraction of sp³-hybridized carbons (Fsp3) is 0.424.